The number of benzene rings is 3. The van der Waals surface area contributed by atoms with Crippen LogP contribution in [-0.2, 0) is 6.54 Å². The van der Waals surface area contributed by atoms with E-state index in [0.29, 0.717) is 12.2 Å². The molecule has 4 rings (SSSR count). The Bertz CT molecular complexity index is 1250. The van der Waals surface area contributed by atoms with Crippen LogP contribution in [0.4, 0.5) is 5.69 Å². The van der Waals surface area contributed by atoms with Crippen molar-refractivity contribution in [3.8, 4) is 0 Å². The molecule has 1 N–H and O–H groups in total. The third kappa shape index (κ3) is 4.14. The second-order valence-corrected chi connectivity index (χ2v) is 9.44. The van der Waals surface area contributed by atoms with E-state index in [9.17, 15) is 14.4 Å². The average molecular weight is 455 g/mol. The van der Waals surface area contributed by atoms with Crippen molar-refractivity contribution in [2.24, 2.45) is 0 Å². The van der Waals surface area contributed by atoms with Gasteiger partial charge in [0, 0.05) is 6.54 Å². The molecule has 3 aromatic carbocycles. The van der Waals surface area contributed by atoms with Crippen molar-refractivity contribution in [3.63, 3.8) is 0 Å². The molecular formula is C29H30N2O3. The first kappa shape index (κ1) is 23.4. The molecule has 0 spiro atoms. The first-order valence-corrected chi connectivity index (χ1v) is 11.7. The Morgan fingerprint density at radius 2 is 1.41 bits per heavy atom. The largest absolute Gasteiger partial charge is 0.348 e. The number of nitrogens with zero attached hydrogens (tertiary/aromatic N) is 1. The topological polar surface area (TPSA) is 66.5 Å². The second-order valence-electron chi connectivity index (χ2n) is 9.44. The minimum absolute atomic E-state index is 0.121. The highest BCUT2D eigenvalue weighted by atomic mass is 16.2. The predicted octanol–water partition coefficient (Wildman–Crippen LogP) is 5.97. The molecule has 34 heavy (non-hydrogen) atoms. The zero-order valence-electron chi connectivity index (χ0n) is 20.3. The Morgan fingerprint density at radius 3 is 2.00 bits per heavy atom. The van der Waals surface area contributed by atoms with Crippen LogP contribution in [0.3, 0.4) is 0 Å². The van der Waals surface area contributed by atoms with Crippen molar-refractivity contribution in [1.82, 2.24) is 5.32 Å². The van der Waals surface area contributed by atoms with E-state index in [2.05, 4.69) is 5.32 Å². The summed E-state index contributed by atoms with van der Waals surface area (Å²) in [4.78, 5) is 41.6. The van der Waals surface area contributed by atoms with Gasteiger partial charge in [-0.2, -0.15) is 0 Å². The van der Waals surface area contributed by atoms with Crippen LogP contribution in [-0.4, -0.2) is 17.7 Å². The van der Waals surface area contributed by atoms with Gasteiger partial charge in [0.15, 0.2) is 0 Å². The third-order valence-corrected chi connectivity index (χ3v) is 6.30. The van der Waals surface area contributed by atoms with E-state index >= 15 is 0 Å². The maximum Gasteiger partial charge on any atom is 0.266 e. The van der Waals surface area contributed by atoms with E-state index in [1.165, 1.54) is 4.90 Å². The summed E-state index contributed by atoms with van der Waals surface area (Å²) in [7, 11) is 0. The van der Waals surface area contributed by atoms with Gasteiger partial charge in [-0.15, -0.1) is 0 Å². The van der Waals surface area contributed by atoms with Crippen LogP contribution >= 0.6 is 0 Å². The smallest absolute Gasteiger partial charge is 0.266 e. The van der Waals surface area contributed by atoms with Gasteiger partial charge in [0.1, 0.15) is 0 Å². The molecule has 0 aromatic heterocycles. The van der Waals surface area contributed by atoms with Crippen molar-refractivity contribution in [2.75, 3.05) is 4.90 Å². The number of amides is 3. The summed E-state index contributed by atoms with van der Waals surface area (Å²) < 4.78 is 0. The van der Waals surface area contributed by atoms with Crippen LogP contribution in [0, 0.1) is 6.92 Å². The van der Waals surface area contributed by atoms with Gasteiger partial charge in [0.2, 0.25) is 0 Å². The molecule has 5 heteroatoms. The molecule has 0 saturated heterocycles. The lowest BCUT2D eigenvalue weighted by Crippen LogP contribution is -2.32. The molecule has 0 radical (unpaired) electrons. The summed E-state index contributed by atoms with van der Waals surface area (Å²) in [5.41, 5.74) is 5.27. The molecule has 5 nitrogen and oxygen atoms in total. The van der Waals surface area contributed by atoms with E-state index in [0.717, 1.165) is 22.3 Å². The molecule has 3 amide bonds. The number of para-hydroxylation sites is 1. The number of fused-ring (bicyclic) bond motifs is 1. The summed E-state index contributed by atoms with van der Waals surface area (Å²) in [5.74, 6) is -0.966. The molecule has 0 unspecified atom stereocenters. The second kappa shape index (κ2) is 9.26. The molecule has 0 fully saturated rings. The molecule has 0 aliphatic carbocycles. The minimum atomic E-state index is -0.448. The summed E-state index contributed by atoms with van der Waals surface area (Å²) in [5, 5.41) is 2.89. The van der Waals surface area contributed by atoms with Gasteiger partial charge in [-0.1, -0.05) is 81.8 Å². The minimum Gasteiger partial charge on any atom is -0.348 e. The van der Waals surface area contributed by atoms with Gasteiger partial charge in [0.25, 0.3) is 17.7 Å². The average Bonchev–Trinajstić information content (AvgIpc) is 3.07. The molecule has 174 valence electrons. The fraction of sp³-hybridized carbons (Fsp3) is 0.276. The maximum absolute atomic E-state index is 13.7. The van der Waals surface area contributed by atoms with Gasteiger partial charge < -0.3 is 5.32 Å². The summed E-state index contributed by atoms with van der Waals surface area (Å²) in [6.45, 7) is 10.5. The van der Waals surface area contributed by atoms with E-state index in [1.54, 1.807) is 18.2 Å². The lowest BCUT2D eigenvalue weighted by atomic mass is 9.92. The number of aryl methyl sites for hydroxylation is 1. The van der Waals surface area contributed by atoms with E-state index in [1.807, 2.05) is 77.1 Å². The maximum atomic E-state index is 13.7. The van der Waals surface area contributed by atoms with Crippen LogP contribution < -0.4 is 10.2 Å². The number of anilines is 1. The predicted molar refractivity (Wildman–Crippen MR) is 135 cm³/mol. The SMILES string of the molecule is Cc1ccc(CNC(=O)c2cccc3c2C(=O)N(c2c(C(C)C)cccc2C(C)C)C3=O)cc1. The molecule has 1 heterocycles. The number of carbonyl (C=O) groups excluding carboxylic acids is 3. The molecule has 0 bridgehead atoms. The van der Waals surface area contributed by atoms with Gasteiger partial charge in [0.05, 0.1) is 22.4 Å². The van der Waals surface area contributed by atoms with E-state index in [-0.39, 0.29) is 40.3 Å². The normalized spacial score (nSPS) is 13.1. The van der Waals surface area contributed by atoms with Crippen molar-refractivity contribution < 1.29 is 14.4 Å². The molecule has 0 saturated carbocycles. The zero-order chi connectivity index (χ0) is 24.6. The number of carbonyl (C=O) groups is 3. The monoisotopic (exact) mass is 454 g/mol. The highest BCUT2D eigenvalue weighted by Gasteiger charge is 2.41. The summed E-state index contributed by atoms with van der Waals surface area (Å²) in [6, 6.07) is 18.7. The molecule has 1 aliphatic rings. The Morgan fingerprint density at radius 1 is 0.824 bits per heavy atom. The van der Waals surface area contributed by atoms with Gasteiger partial charge in [-0.25, -0.2) is 4.90 Å². The van der Waals surface area contributed by atoms with Crippen molar-refractivity contribution in [1.29, 1.82) is 0 Å². The summed E-state index contributed by atoms with van der Waals surface area (Å²) >= 11 is 0. The third-order valence-electron chi connectivity index (χ3n) is 6.30. The Labute approximate surface area is 200 Å². The Kier molecular flexibility index (Phi) is 6.38. The van der Waals surface area contributed by atoms with E-state index in [4.69, 9.17) is 0 Å². The number of nitrogens with one attached hydrogen (secondary N) is 1. The molecular weight excluding hydrogens is 424 g/mol. The fourth-order valence-electron chi connectivity index (χ4n) is 4.43. The highest BCUT2D eigenvalue weighted by Crippen LogP contribution is 2.40. The lowest BCUT2D eigenvalue weighted by Gasteiger charge is -2.25. The van der Waals surface area contributed by atoms with Crippen LogP contribution in [0.1, 0.15) is 92.9 Å². The van der Waals surface area contributed by atoms with Crippen molar-refractivity contribution in [3.05, 3.63) is 99.6 Å². The van der Waals surface area contributed by atoms with Crippen LogP contribution in [0.15, 0.2) is 60.7 Å². The summed E-state index contributed by atoms with van der Waals surface area (Å²) in [6.07, 6.45) is 0. The molecule has 1 aliphatic heterocycles. The molecule has 3 aromatic rings. The van der Waals surface area contributed by atoms with Crippen LogP contribution in [0.5, 0.6) is 0 Å². The standard InChI is InChI=1S/C29H30N2O3/c1-17(2)21-8-6-9-22(18(3)4)26(21)31-28(33)24-11-7-10-23(25(24)29(31)34)27(32)30-16-20-14-12-19(5)13-15-20/h6-15,17-18H,16H2,1-5H3,(H,30,32). The fourth-order valence-corrected chi connectivity index (χ4v) is 4.43. The number of imide groups is 1. The zero-order valence-corrected chi connectivity index (χ0v) is 20.3. The van der Waals surface area contributed by atoms with Crippen LogP contribution in [0.2, 0.25) is 0 Å². The van der Waals surface area contributed by atoms with Gasteiger partial charge in [-0.3, -0.25) is 14.4 Å². The first-order chi connectivity index (χ1) is 16.2. The lowest BCUT2D eigenvalue weighted by molar-refractivity contribution is 0.0909. The highest BCUT2D eigenvalue weighted by molar-refractivity contribution is 6.36. The van der Waals surface area contributed by atoms with Gasteiger partial charge >= 0.3 is 0 Å². The Hall–Kier alpha value is -3.73. The molecule has 0 atom stereocenters. The Balaban J connectivity index is 1.72. The first-order valence-electron chi connectivity index (χ1n) is 11.7. The van der Waals surface area contributed by atoms with E-state index < -0.39 is 5.91 Å². The van der Waals surface area contributed by atoms with Gasteiger partial charge in [-0.05, 0) is 47.6 Å². The van der Waals surface area contributed by atoms with Crippen molar-refractivity contribution >= 4 is 23.4 Å². The quantitative estimate of drug-likeness (QED) is 0.467. The number of hydrogen-bond acceptors (Lipinski definition) is 3. The number of rotatable bonds is 6. The van der Waals surface area contributed by atoms with Crippen LogP contribution in [0.25, 0.3) is 0 Å². The van der Waals surface area contributed by atoms with Crippen molar-refractivity contribution in [2.45, 2.75) is 53.0 Å². The number of hydrogen-bond donors (Lipinski definition) is 1.